The summed E-state index contributed by atoms with van der Waals surface area (Å²) in [6.07, 6.45) is 3.68. The quantitative estimate of drug-likeness (QED) is 0.880. The molecule has 1 aromatic carbocycles. The van der Waals surface area contributed by atoms with E-state index in [4.69, 9.17) is 0 Å². The van der Waals surface area contributed by atoms with Gasteiger partial charge in [0.15, 0.2) is 0 Å². The van der Waals surface area contributed by atoms with Crippen molar-refractivity contribution in [3.8, 4) is 0 Å². The number of hydrogen-bond donors (Lipinski definition) is 2. The van der Waals surface area contributed by atoms with Crippen molar-refractivity contribution in [2.45, 2.75) is 26.2 Å². The number of benzene rings is 1. The Labute approximate surface area is 147 Å². The lowest BCUT2D eigenvalue weighted by Crippen LogP contribution is -2.38. The van der Waals surface area contributed by atoms with Gasteiger partial charge in [-0.3, -0.25) is 4.79 Å². The molecular weight excluding hydrogens is 322 g/mol. The number of rotatable bonds is 4. The van der Waals surface area contributed by atoms with Crippen molar-refractivity contribution in [2.24, 2.45) is 5.92 Å². The lowest BCUT2D eigenvalue weighted by Gasteiger charge is -2.27. The third-order valence-corrected chi connectivity index (χ3v) is 5.83. The van der Waals surface area contributed by atoms with Crippen LogP contribution in [0, 0.1) is 12.8 Å². The molecule has 24 heavy (non-hydrogen) atoms. The van der Waals surface area contributed by atoms with E-state index in [9.17, 15) is 9.59 Å². The Bertz CT molecular complexity index is 610. The number of amides is 3. The summed E-state index contributed by atoms with van der Waals surface area (Å²) >= 11 is 1.88. The van der Waals surface area contributed by atoms with Crippen LogP contribution < -0.4 is 10.6 Å². The summed E-state index contributed by atoms with van der Waals surface area (Å²) in [5, 5.41) is 5.81. The van der Waals surface area contributed by atoms with E-state index < -0.39 is 0 Å². The maximum absolute atomic E-state index is 12.7. The van der Waals surface area contributed by atoms with Crippen LogP contribution in [0.1, 0.15) is 35.2 Å². The van der Waals surface area contributed by atoms with Crippen molar-refractivity contribution in [2.75, 3.05) is 36.5 Å². The van der Waals surface area contributed by atoms with Gasteiger partial charge < -0.3 is 15.5 Å². The second-order valence-corrected chi connectivity index (χ2v) is 7.74. The summed E-state index contributed by atoms with van der Waals surface area (Å²) in [6.45, 7) is 4.22. The molecule has 2 aliphatic rings. The molecule has 1 saturated heterocycles. The summed E-state index contributed by atoms with van der Waals surface area (Å²) < 4.78 is 0. The van der Waals surface area contributed by atoms with Gasteiger partial charge in [-0.2, -0.15) is 11.8 Å². The van der Waals surface area contributed by atoms with Crippen LogP contribution in [0.5, 0.6) is 0 Å². The highest BCUT2D eigenvalue weighted by atomic mass is 32.2. The van der Waals surface area contributed by atoms with Crippen LogP contribution in [0.3, 0.4) is 0 Å². The van der Waals surface area contributed by atoms with Crippen LogP contribution in [0.25, 0.3) is 0 Å². The number of thioether (sulfide) groups is 1. The predicted molar refractivity (Wildman–Crippen MR) is 98.8 cm³/mol. The largest absolute Gasteiger partial charge is 0.338 e. The number of carbonyl (C=O) groups is 2. The highest BCUT2D eigenvalue weighted by Crippen LogP contribution is 2.25. The van der Waals surface area contributed by atoms with Gasteiger partial charge in [-0.15, -0.1) is 0 Å². The third kappa shape index (κ3) is 4.04. The van der Waals surface area contributed by atoms with E-state index in [0.29, 0.717) is 17.2 Å². The first-order chi connectivity index (χ1) is 11.6. The standard InChI is InChI=1S/C18H25N3O2S/c1-13-15(17(22)21-8-10-24-11-9-21)6-3-7-16(13)20-18(23)19-12-14-4-2-5-14/h3,6-7,14H,2,4-5,8-12H2,1H3,(H2,19,20,23). The van der Waals surface area contributed by atoms with Gasteiger partial charge in [-0.05, 0) is 43.4 Å². The zero-order valence-electron chi connectivity index (χ0n) is 14.1. The van der Waals surface area contributed by atoms with Crippen LogP contribution in [0.4, 0.5) is 10.5 Å². The summed E-state index contributed by atoms with van der Waals surface area (Å²) in [5.74, 6) is 2.67. The minimum atomic E-state index is -0.191. The molecule has 130 valence electrons. The van der Waals surface area contributed by atoms with Crippen LogP contribution in [-0.4, -0.2) is 48.0 Å². The first-order valence-corrected chi connectivity index (χ1v) is 9.82. The van der Waals surface area contributed by atoms with Crippen molar-refractivity contribution in [1.29, 1.82) is 0 Å². The Morgan fingerprint density at radius 1 is 1.25 bits per heavy atom. The summed E-state index contributed by atoms with van der Waals surface area (Å²) in [5.41, 5.74) is 2.22. The van der Waals surface area contributed by atoms with Crippen molar-refractivity contribution in [1.82, 2.24) is 10.2 Å². The molecule has 0 atom stereocenters. The van der Waals surface area contributed by atoms with Gasteiger partial charge in [0, 0.05) is 42.4 Å². The van der Waals surface area contributed by atoms with E-state index in [1.807, 2.05) is 41.8 Å². The molecule has 1 heterocycles. The normalized spacial score (nSPS) is 18.0. The Kier molecular flexibility index (Phi) is 5.66. The minimum absolute atomic E-state index is 0.0614. The molecule has 0 unspecified atom stereocenters. The van der Waals surface area contributed by atoms with E-state index in [1.54, 1.807) is 0 Å². The van der Waals surface area contributed by atoms with Crippen molar-refractivity contribution in [3.05, 3.63) is 29.3 Å². The summed E-state index contributed by atoms with van der Waals surface area (Å²) in [6, 6.07) is 5.34. The summed E-state index contributed by atoms with van der Waals surface area (Å²) in [7, 11) is 0. The number of nitrogens with one attached hydrogen (secondary N) is 2. The van der Waals surface area contributed by atoms with Gasteiger partial charge in [0.1, 0.15) is 0 Å². The van der Waals surface area contributed by atoms with Crippen LogP contribution in [-0.2, 0) is 0 Å². The second kappa shape index (κ2) is 7.92. The molecule has 1 saturated carbocycles. The Morgan fingerprint density at radius 3 is 2.67 bits per heavy atom. The molecule has 0 bridgehead atoms. The molecule has 1 aliphatic carbocycles. The zero-order valence-corrected chi connectivity index (χ0v) is 15.0. The molecular formula is C18H25N3O2S. The molecule has 1 aliphatic heterocycles. The van der Waals surface area contributed by atoms with E-state index in [1.165, 1.54) is 19.3 Å². The van der Waals surface area contributed by atoms with Crippen molar-refractivity contribution < 1.29 is 9.59 Å². The number of carbonyl (C=O) groups excluding carboxylic acids is 2. The molecule has 2 N–H and O–H groups in total. The van der Waals surface area contributed by atoms with Gasteiger partial charge in [0.05, 0.1) is 0 Å². The van der Waals surface area contributed by atoms with Crippen LogP contribution in [0.15, 0.2) is 18.2 Å². The second-order valence-electron chi connectivity index (χ2n) is 6.51. The van der Waals surface area contributed by atoms with Crippen molar-refractivity contribution >= 4 is 29.4 Å². The predicted octanol–water partition coefficient (Wildman–Crippen LogP) is 3.11. The molecule has 2 fully saturated rings. The average Bonchev–Trinajstić information content (AvgIpc) is 2.55. The molecule has 6 heteroatoms. The maximum Gasteiger partial charge on any atom is 0.319 e. The fourth-order valence-corrected chi connectivity index (χ4v) is 3.94. The van der Waals surface area contributed by atoms with Gasteiger partial charge >= 0.3 is 6.03 Å². The topological polar surface area (TPSA) is 61.4 Å². The first-order valence-electron chi connectivity index (χ1n) is 8.66. The highest BCUT2D eigenvalue weighted by molar-refractivity contribution is 7.99. The first kappa shape index (κ1) is 17.1. The minimum Gasteiger partial charge on any atom is -0.338 e. The van der Waals surface area contributed by atoms with Gasteiger partial charge in [0.2, 0.25) is 0 Å². The third-order valence-electron chi connectivity index (χ3n) is 4.89. The summed E-state index contributed by atoms with van der Waals surface area (Å²) in [4.78, 5) is 26.7. The van der Waals surface area contributed by atoms with Crippen LogP contribution in [0.2, 0.25) is 0 Å². The number of hydrogen-bond acceptors (Lipinski definition) is 3. The lowest BCUT2D eigenvalue weighted by atomic mass is 9.85. The maximum atomic E-state index is 12.7. The lowest BCUT2D eigenvalue weighted by molar-refractivity contribution is 0.0771. The number of anilines is 1. The Hall–Kier alpha value is -1.69. The van der Waals surface area contributed by atoms with Gasteiger partial charge in [-0.1, -0.05) is 12.5 Å². The smallest absolute Gasteiger partial charge is 0.319 e. The Balaban J connectivity index is 1.63. The van der Waals surface area contributed by atoms with Gasteiger partial charge in [0.25, 0.3) is 5.91 Å². The van der Waals surface area contributed by atoms with E-state index in [-0.39, 0.29) is 11.9 Å². The van der Waals surface area contributed by atoms with E-state index in [0.717, 1.165) is 36.7 Å². The Morgan fingerprint density at radius 2 is 2.00 bits per heavy atom. The molecule has 0 aromatic heterocycles. The number of urea groups is 1. The van der Waals surface area contributed by atoms with E-state index >= 15 is 0 Å². The average molecular weight is 347 g/mol. The van der Waals surface area contributed by atoms with Crippen LogP contribution >= 0.6 is 11.8 Å². The molecule has 3 rings (SSSR count). The van der Waals surface area contributed by atoms with Gasteiger partial charge in [-0.25, -0.2) is 4.79 Å². The number of nitrogens with zero attached hydrogens (tertiary/aromatic N) is 1. The zero-order chi connectivity index (χ0) is 16.9. The monoisotopic (exact) mass is 347 g/mol. The van der Waals surface area contributed by atoms with Crippen molar-refractivity contribution in [3.63, 3.8) is 0 Å². The molecule has 0 spiro atoms. The SMILES string of the molecule is Cc1c(NC(=O)NCC2CCC2)cccc1C(=O)N1CCSCC1. The van der Waals surface area contributed by atoms with E-state index in [2.05, 4.69) is 10.6 Å². The molecule has 1 aromatic rings. The fraction of sp³-hybridized carbons (Fsp3) is 0.556. The molecule has 5 nitrogen and oxygen atoms in total. The highest BCUT2D eigenvalue weighted by Gasteiger charge is 2.21. The molecule has 0 radical (unpaired) electrons. The molecule has 3 amide bonds. The fourth-order valence-electron chi connectivity index (χ4n) is 3.04.